The maximum Gasteiger partial charge on any atom is 0.246 e. The average molecular weight is 331 g/mol. The lowest BCUT2D eigenvalue weighted by atomic mass is 10.1. The summed E-state index contributed by atoms with van der Waals surface area (Å²) < 4.78 is 11.1. The van der Waals surface area contributed by atoms with Gasteiger partial charge in [-0.1, -0.05) is 13.0 Å². The monoisotopic (exact) mass is 331 g/mol. The largest absolute Gasteiger partial charge is 0.493 e. The van der Waals surface area contributed by atoms with E-state index in [-0.39, 0.29) is 12.0 Å². The molecule has 0 aliphatic heterocycles. The molecule has 0 heterocycles. The molecule has 1 fully saturated rings. The van der Waals surface area contributed by atoms with Crippen LogP contribution < -0.4 is 9.47 Å². The minimum Gasteiger partial charge on any atom is -0.493 e. The van der Waals surface area contributed by atoms with Crippen molar-refractivity contribution in [1.29, 1.82) is 0 Å². The van der Waals surface area contributed by atoms with Gasteiger partial charge in [0.25, 0.3) is 0 Å². The van der Waals surface area contributed by atoms with Gasteiger partial charge in [-0.3, -0.25) is 4.79 Å². The number of nitrogens with zero attached hydrogens (tertiary/aromatic N) is 1. The Hall–Kier alpha value is -1.97. The lowest BCUT2D eigenvalue weighted by Crippen LogP contribution is -2.32. The van der Waals surface area contributed by atoms with Gasteiger partial charge in [0.05, 0.1) is 13.2 Å². The summed E-state index contributed by atoms with van der Waals surface area (Å²) in [7, 11) is 1.62. The fraction of sp³-hybridized carbons (Fsp3) is 0.550. The highest BCUT2D eigenvalue weighted by molar-refractivity contribution is 5.91. The molecule has 0 saturated heterocycles. The summed E-state index contributed by atoms with van der Waals surface area (Å²) in [6.07, 6.45) is 7.10. The van der Waals surface area contributed by atoms with E-state index in [9.17, 15) is 4.79 Å². The Balaban J connectivity index is 2.04. The van der Waals surface area contributed by atoms with Crippen LogP contribution in [0.2, 0.25) is 0 Å². The van der Waals surface area contributed by atoms with Crippen molar-refractivity contribution in [2.24, 2.45) is 5.92 Å². The summed E-state index contributed by atoms with van der Waals surface area (Å²) in [5.41, 5.74) is 0.930. The molecule has 24 heavy (non-hydrogen) atoms. The molecule has 0 atom stereocenters. The molecule has 1 aromatic carbocycles. The van der Waals surface area contributed by atoms with Gasteiger partial charge < -0.3 is 14.4 Å². The standard InChI is InChI=1S/C20H29NO3/c1-5-12-21(14-17-6-7-17)20(22)11-9-16-8-10-18(24-15(2)3)19(13-16)23-4/h8-11,13,15,17H,5-7,12,14H2,1-4H3. The molecule has 1 aromatic rings. The van der Waals surface area contributed by atoms with Gasteiger partial charge in [0.2, 0.25) is 5.91 Å². The quantitative estimate of drug-likeness (QED) is 0.638. The molecule has 132 valence electrons. The predicted octanol–water partition coefficient (Wildman–Crippen LogP) is 4.14. The van der Waals surface area contributed by atoms with Crippen LogP contribution in [0.3, 0.4) is 0 Å². The summed E-state index contributed by atoms with van der Waals surface area (Å²) in [4.78, 5) is 14.4. The second-order valence-electron chi connectivity index (χ2n) is 6.64. The van der Waals surface area contributed by atoms with E-state index in [2.05, 4.69) is 6.92 Å². The first-order valence-electron chi connectivity index (χ1n) is 8.85. The number of amides is 1. The van der Waals surface area contributed by atoms with Crippen LogP contribution in [0.5, 0.6) is 11.5 Å². The Labute approximate surface area is 145 Å². The van der Waals surface area contributed by atoms with Crippen LogP contribution in [0.4, 0.5) is 0 Å². The minimum absolute atomic E-state index is 0.0882. The molecular formula is C20H29NO3. The molecule has 0 aromatic heterocycles. The van der Waals surface area contributed by atoms with Gasteiger partial charge in [-0.25, -0.2) is 0 Å². The zero-order valence-corrected chi connectivity index (χ0v) is 15.2. The molecule has 2 rings (SSSR count). The predicted molar refractivity (Wildman–Crippen MR) is 97.4 cm³/mol. The third kappa shape index (κ3) is 5.59. The number of ether oxygens (including phenoxy) is 2. The zero-order chi connectivity index (χ0) is 17.5. The Morgan fingerprint density at radius 1 is 1.33 bits per heavy atom. The van der Waals surface area contributed by atoms with Gasteiger partial charge in [0.15, 0.2) is 11.5 Å². The number of hydrogen-bond acceptors (Lipinski definition) is 3. The first-order valence-corrected chi connectivity index (χ1v) is 8.85. The van der Waals surface area contributed by atoms with Crippen LogP contribution in [-0.4, -0.2) is 37.1 Å². The number of rotatable bonds is 9. The van der Waals surface area contributed by atoms with Crippen molar-refractivity contribution >= 4 is 12.0 Å². The molecule has 4 heteroatoms. The Bertz CT molecular complexity index is 576. The first-order chi connectivity index (χ1) is 11.5. The SMILES string of the molecule is CCCN(CC1CC1)C(=O)C=Cc1ccc(OC(C)C)c(OC)c1. The van der Waals surface area contributed by atoms with E-state index in [1.807, 2.05) is 43.0 Å². The molecule has 1 saturated carbocycles. The third-order valence-corrected chi connectivity index (χ3v) is 3.95. The maximum absolute atomic E-state index is 12.4. The van der Waals surface area contributed by atoms with Crippen molar-refractivity contribution in [3.63, 3.8) is 0 Å². The minimum atomic E-state index is 0.0882. The van der Waals surface area contributed by atoms with Crippen molar-refractivity contribution in [2.45, 2.75) is 46.1 Å². The molecule has 1 aliphatic carbocycles. The van der Waals surface area contributed by atoms with Gasteiger partial charge in [-0.05, 0) is 62.8 Å². The third-order valence-electron chi connectivity index (χ3n) is 3.95. The van der Waals surface area contributed by atoms with Crippen molar-refractivity contribution < 1.29 is 14.3 Å². The lowest BCUT2D eigenvalue weighted by Gasteiger charge is -2.20. The van der Waals surface area contributed by atoms with E-state index in [4.69, 9.17) is 9.47 Å². The molecule has 0 bridgehead atoms. The molecule has 1 aliphatic rings. The van der Waals surface area contributed by atoms with Crippen LogP contribution >= 0.6 is 0 Å². The molecule has 0 N–H and O–H groups in total. The zero-order valence-electron chi connectivity index (χ0n) is 15.2. The number of carbonyl (C=O) groups is 1. The lowest BCUT2D eigenvalue weighted by molar-refractivity contribution is -0.126. The summed E-state index contributed by atoms with van der Waals surface area (Å²) >= 11 is 0. The van der Waals surface area contributed by atoms with Crippen LogP contribution in [0.25, 0.3) is 6.08 Å². The molecule has 0 radical (unpaired) electrons. The topological polar surface area (TPSA) is 38.8 Å². The molecule has 1 amide bonds. The van der Waals surface area contributed by atoms with E-state index in [1.165, 1.54) is 12.8 Å². The van der Waals surface area contributed by atoms with E-state index >= 15 is 0 Å². The second kappa shape index (κ2) is 8.76. The fourth-order valence-corrected chi connectivity index (χ4v) is 2.59. The Kier molecular flexibility index (Phi) is 6.71. The number of benzene rings is 1. The van der Waals surface area contributed by atoms with E-state index in [0.717, 1.165) is 30.8 Å². The Morgan fingerprint density at radius 2 is 2.08 bits per heavy atom. The van der Waals surface area contributed by atoms with Gasteiger partial charge in [-0.2, -0.15) is 0 Å². The molecule has 0 spiro atoms. The van der Waals surface area contributed by atoms with Crippen LogP contribution in [0.15, 0.2) is 24.3 Å². The van der Waals surface area contributed by atoms with Gasteiger partial charge in [-0.15, -0.1) is 0 Å². The van der Waals surface area contributed by atoms with Crippen molar-refractivity contribution in [3.8, 4) is 11.5 Å². The second-order valence-corrected chi connectivity index (χ2v) is 6.64. The van der Waals surface area contributed by atoms with Gasteiger partial charge in [0, 0.05) is 19.2 Å². The molecular weight excluding hydrogens is 302 g/mol. The summed E-state index contributed by atoms with van der Waals surface area (Å²) in [6, 6.07) is 5.72. The van der Waals surface area contributed by atoms with Crippen LogP contribution in [0.1, 0.15) is 45.6 Å². The van der Waals surface area contributed by atoms with E-state index in [0.29, 0.717) is 11.7 Å². The Morgan fingerprint density at radius 3 is 2.67 bits per heavy atom. The van der Waals surface area contributed by atoms with E-state index < -0.39 is 0 Å². The van der Waals surface area contributed by atoms with Crippen LogP contribution in [-0.2, 0) is 4.79 Å². The average Bonchev–Trinajstić information content (AvgIpc) is 3.36. The molecule has 4 nitrogen and oxygen atoms in total. The molecule has 0 unspecified atom stereocenters. The number of carbonyl (C=O) groups excluding carboxylic acids is 1. The van der Waals surface area contributed by atoms with Gasteiger partial charge >= 0.3 is 0 Å². The highest BCUT2D eigenvalue weighted by Crippen LogP contribution is 2.30. The van der Waals surface area contributed by atoms with Crippen LogP contribution in [0, 0.1) is 5.92 Å². The number of methoxy groups -OCH3 is 1. The first kappa shape index (κ1) is 18.4. The summed E-state index contributed by atoms with van der Waals surface area (Å²) in [5, 5.41) is 0. The fourth-order valence-electron chi connectivity index (χ4n) is 2.59. The van der Waals surface area contributed by atoms with Crippen molar-refractivity contribution in [2.75, 3.05) is 20.2 Å². The highest BCUT2D eigenvalue weighted by Gasteiger charge is 2.25. The summed E-state index contributed by atoms with van der Waals surface area (Å²) in [6.45, 7) is 7.78. The van der Waals surface area contributed by atoms with Crippen molar-refractivity contribution in [1.82, 2.24) is 4.90 Å². The summed E-state index contributed by atoms with van der Waals surface area (Å²) in [5.74, 6) is 2.20. The highest BCUT2D eigenvalue weighted by atomic mass is 16.5. The normalized spacial score (nSPS) is 14.2. The van der Waals surface area contributed by atoms with Crippen molar-refractivity contribution in [3.05, 3.63) is 29.8 Å². The van der Waals surface area contributed by atoms with Gasteiger partial charge in [0.1, 0.15) is 0 Å². The number of hydrogen-bond donors (Lipinski definition) is 0. The maximum atomic E-state index is 12.4. The smallest absolute Gasteiger partial charge is 0.246 e. The van der Waals surface area contributed by atoms with E-state index in [1.54, 1.807) is 13.2 Å².